The molecule has 1 aromatic heterocycles. The predicted octanol–water partition coefficient (Wildman–Crippen LogP) is 3.50. The van der Waals surface area contributed by atoms with Crippen LogP contribution in [0.1, 0.15) is 43.4 Å². The minimum Gasteiger partial charge on any atom is -0.277 e. The Morgan fingerprint density at radius 3 is 2.91 bits per heavy atom. The van der Waals surface area contributed by atoms with E-state index in [0.717, 1.165) is 30.5 Å². The van der Waals surface area contributed by atoms with Gasteiger partial charge in [-0.1, -0.05) is 25.1 Å². The van der Waals surface area contributed by atoms with Crippen LogP contribution in [0.4, 0.5) is 4.39 Å². The van der Waals surface area contributed by atoms with Crippen molar-refractivity contribution in [3.63, 3.8) is 0 Å². The van der Waals surface area contributed by atoms with Gasteiger partial charge in [0.15, 0.2) is 0 Å². The summed E-state index contributed by atoms with van der Waals surface area (Å²) < 4.78 is 17.9. The molecule has 4 heteroatoms. The Balaban J connectivity index is 1.85. The highest BCUT2D eigenvalue weighted by Crippen LogP contribution is 2.83. The quantitative estimate of drug-likeness (QED) is 0.797. The zero-order valence-electron chi connectivity index (χ0n) is 13.2. The molecule has 23 heavy (non-hydrogen) atoms. The number of hydrogen-bond donors (Lipinski definition) is 0. The molecule has 2 fully saturated rings. The highest BCUT2D eigenvalue weighted by molar-refractivity contribution is 5.55. The molecule has 2 aromatic rings. The molecular formula is C19H19FN2O. The fraction of sp³-hybridized carbons (Fsp3) is 0.421. The average Bonchev–Trinajstić information content (AvgIpc) is 2.78. The van der Waals surface area contributed by atoms with E-state index in [4.69, 9.17) is 0 Å². The van der Waals surface area contributed by atoms with Gasteiger partial charge in [-0.2, -0.15) is 0 Å². The SMILES string of the molecule is C=CCn1c2c(c(=O)n1-c1ccccc1F)[C@H]1CC[C@@]23CC13C. The van der Waals surface area contributed by atoms with Crippen LogP contribution in [0.5, 0.6) is 0 Å². The lowest BCUT2D eigenvalue weighted by Gasteiger charge is -2.20. The van der Waals surface area contributed by atoms with Crippen molar-refractivity contribution in [2.75, 3.05) is 0 Å². The van der Waals surface area contributed by atoms with Crippen molar-refractivity contribution >= 4 is 0 Å². The smallest absolute Gasteiger partial charge is 0.275 e. The second-order valence-electron chi connectivity index (χ2n) is 7.47. The summed E-state index contributed by atoms with van der Waals surface area (Å²) in [5, 5.41) is 0. The maximum absolute atomic E-state index is 14.3. The topological polar surface area (TPSA) is 26.9 Å². The molecule has 1 unspecified atom stereocenters. The van der Waals surface area contributed by atoms with Crippen LogP contribution in [0, 0.1) is 11.2 Å². The lowest BCUT2D eigenvalue weighted by molar-refractivity contribution is 0.464. The highest BCUT2D eigenvalue weighted by Gasteiger charge is 2.79. The minimum atomic E-state index is -0.362. The van der Waals surface area contributed by atoms with E-state index in [1.165, 1.54) is 6.07 Å². The Kier molecular flexibility index (Phi) is 2.24. The number of benzene rings is 1. The number of para-hydroxylation sites is 1. The van der Waals surface area contributed by atoms with Crippen LogP contribution in [0.3, 0.4) is 0 Å². The van der Waals surface area contributed by atoms with Gasteiger partial charge in [-0.3, -0.25) is 9.48 Å². The molecular weight excluding hydrogens is 291 g/mol. The van der Waals surface area contributed by atoms with Crippen molar-refractivity contribution in [3.8, 4) is 5.69 Å². The predicted molar refractivity (Wildman–Crippen MR) is 86.6 cm³/mol. The highest BCUT2D eigenvalue weighted by atomic mass is 19.1. The molecule has 118 valence electrons. The van der Waals surface area contributed by atoms with Gasteiger partial charge in [-0.05, 0) is 42.7 Å². The number of fused-ring (bicyclic) bond motifs is 2. The second kappa shape index (κ2) is 3.86. The van der Waals surface area contributed by atoms with Crippen molar-refractivity contribution in [2.24, 2.45) is 5.41 Å². The molecule has 0 amide bonds. The Labute approximate surface area is 134 Å². The third-order valence-corrected chi connectivity index (χ3v) is 6.63. The van der Waals surface area contributed by atoms with Crippen LogP contribution >= 0.6 is 0 Å². The van der Waals surface area contributed by atoms with E-state index in [1.54, 1.807) is 29.0 Å². The zero-order valence-corrected chi connectivity index (χ0v) is 13.2. The van der Waals surface area contributed by atoms with E-state index in [1.807, 2.05) is 4.68 Å². The molecule has 0 saturated heterocycles. The van der Waals surface area contributed by atoms with Gasteiger partial charge in [-0.25, -0.2) is 9.07 Å². The number of allylic oxidation sites excluding steroid dienone is 1. The van der Waals surface area contributed by atoms with Crippen molar-refractivity contribution in [3.05, 3.63) is 64.3 Å². The Morgan fingerprint density at radius 1 is 1.43 bits per heavy atom. The average molecular weight is 310 g/mol. The molecule has 2 bridgehead atoms. The maximum atomic E-state index is 14.3. The van der Waals surface area contributed by atoms with E-state index < -0.39 is 0 Å². The third kappa shape index (κ3) is 1.27. The van der Waals surface area contributed by atoms with Gasteiger partial charge in [0, 0.05) is 11.0 Å². The standard InChI is InChI=1S/C19H19FN2O/c1-3-10-21-16-15(12-8-9-19(16)11-18(12,19)2)17(23)22(21)14-7-5-4-6-13(14)20/h3-7,12H,1,8-11H2,2H3/t12-,18?,19-/m1/s1. The van der Waals surface area contributed by atoms with E-state index in [0.29, 0.717) is 18.2 Å². The first-order chi connectivity index (χ1) is 11.0. The first-order valence-corrected chi connectivity index (χ1v) is 8.27. The van der Waals surface area contributed by atoms with Crippen LogP contribution in [0.15, 0.2) is 41.7 Å². The van der Waals surface area contributed by atoms with Gasteiger partial charge in [-0.15, -0.1) is 6.58 Å². The van der Waals surface area contributed by atoms with Crippen LogP contribution in [-0.4, -0.2) is 9.36 Å². The summed E-state index contributed by atoms with van der Waals surface area (Å²) in [4.78, 5) is 13.1. The number of hydrogen-bond acceptors (Lipinski definition) is 1. The van der Waals surface area contributed by atoms with Crippen molar-refractivity contribution in [1.29, 1.82) is 0 Å². The number of aromatic nitrogens is 2. The summed E-state index contributed by atoms with van der Waals surface area (Å²) in [6, 6.07) is 6.51. The maximum Gasteiger partial charge on any atom is 0.275 e. The molecule has 1 heterocycles. The van der Waals surface area contributed by atoms with Crippen LogP contribution < -0.4 is 5.56 Å². The Morgan fingerprint density at radius 2 is 2.22 bits per heavy atom. The molecule has 1 aromatic carbocycles. The molecule has 3 aliphatic rings. The van der Waals surface area contributed by atoms with Crippen molar-refractivity contribution in [2.45, 2.75) is 44.1 Å². The first kappa shape index (κ1) is 13.3. The second-order valence-corrected chi connectivity index (χ2v) is 7.47. The Hall–Kier alpha value is -2.10. The van der Waals surface area contributed by atoms with Crippen LogP contribution in [0.25, 0.3) is 5.69 Å². The van der Waals surface area contributed by atoms with Crippen molar-refractivity contribution < 1.29 is 4.39 Å². The van der Waals surface area contributed by atoms with Gasteiger partial charge in [0.25, 0.3) is 5.56 Å². The fourth-order valence-electron chi connectivity index (χ4n) is 5.60. The van der Waals surface area contributed by atoms with Gasteiger partial charge >= 0.3 is 0 Å². The largest absolute Gasteiger partial charge is 0.277 e. The molecule has 0 radical (unpaired) electrons. The number of halogens is 1. The number of nitrogens with zero attached hydrogens (tertiary/aromatic N) is 2. The minimum absolute atomic E-state index is 0.0375. The zero-order chi connectivity index (χ0) is 16.0. The molecule has 0 aliphatic heterocycles. The molecule has 0 N–H and O–H groups in total. The van der Waals surface area contributed by atoms with Crippen molar-refractivity contribution in [1.82, 2.24) is 9.36 Å². The summed E-state index contributed by atoms with van der Waals surface area (Å²) in [6.45, 7) is 6.68. The Bertz CT molecular complexity index is 920. The third-order valence-electron chi connectivity index (χ3n) is 6.63. The van der Waals surface area contributed by atoms with Gasteiger partial charge in [0.2, 0.25) is 0 Å². The van der Waals surface area contributed by atoms with E-state index >= 15 is 0 Å². The van der Waals surface area contributed by atoms with Crippen LogP contribution in [0.2, 0.25) is 0 Å². The monoisotopic (exact) mass is 310 g/mol. The van der Waals surface area contributed by atoms with E-state index in [-0.39, 0.29) is 22.2 Å². The molecule has 3 aliphatic carbocycles. The summed E-state index contributed by atoms with van der Waals surface area (Å²) in [5.74, 6) is -0.0198. The lowest BCUT2D eigenvalue weighted by Crippen LogP contribution is -2.26. The van der Waals surface area contributed by atoms with Crippen LogP contribution in [-0.2, 0) is 12.0 Å². The normalized spacial score (nSPS) is 32.7. The fourth-order valence-corrected chi connectivity index (χ4v) is 5.60. The summed E-state index contributed by atoms with van der Waals surface area (Å²) in [6.07, 6.45) is 5.20. The molecule has 0 spiro atoms. The summed E-state index contributed by atoms with van der Waals surface area (Å²) in [7, 11) is 0. The van der Waals surface area contributed by atoms with E-state index in [2.05, 4.69) is 13.5 Å². The molecule has 2 saturated carbocycles. The van der Waals surface area contributed by atoms with Gasteiger partial charge in [0.1, 0.15) is 11.5 Å². The summed E-state index contributed by atoms with van der Waals surface area (Å²) >= 11 is 0. The van der Waals surface area contributed by atoms with E-state index in [9.17, 15) is 9.18 Å². The lowest BCUT2D eigenvalue weighted by atomic mass is 9.86. The molecule has 5 rings (SSSR count). The number of rotatable bonds is 3. The molecule has 3 nitrogen and oxygen atoms in total. The summed E-state index contributed by atoms with van der Waals surface area (Å²) in [5.41, 5.74) is 2.80. The first-order valence-electron chi connectivity index (χ1n) is 8.27. The van der Waals surface area contributed by atoms with Gasteiger partial charge < -0.3 is 0 Å². The van der Waals surface area contributed by atoms with Gasteiger partial charge in [0.05, 0.1) is 12.2 Å². The molecule has 3 atom stereocenters.